The van der Waals surface area contributed by atoms with Gasteiger partial charge in [0.05, 0.1) is 19.0 Å². The highest BCUT2D eigenvalue weighted by Crippen LogP contribution is 2.19. The molecule has 1 aromatic heterocycles. The molecule has 0 saturated heterocycles. The molecule has 1 rings (SSSR count). The normalized spacial score (nSPS) is 11.2. The molecule has 0 aromatic carbocycles. The summed E-state index contributed by atoms with van der Waals surface area (Å²) in [5, 5.41) is 7.84. The molecule has 0 fully saturated rings. The number of aryl methyl sites for hydroxylation is 1. The van der Waals surface area contributed by atoms with Gasteiger partial charge in [-0.15, -0.1) is 0 Å². The van der Waals surface area contributed by atoms with Crippen LogP contribution in [0.5, 0.6) is 5.75 Å². The summed E-state index contributed by atoms with van der Waals surface area (Å²) in [5.41, 5.74) is 1.23. The van der Waals surface area contributed by atoms with Crippen LogP contribution < -0.4 is 10.1 Å². The molecule has 104 valence electrons. The average Bonchev–Trinajstić information content (AvgIpc) is 2.71. The third-order valence-electron chi connectivity index (χ3n) is 2.89. The fourth-order valence-electron chi connectivity index (χ4n) is 1.99. The summed E-state index contributed by atoms with van der Waals surface area (Å²) < 4.78 is 7.43. The van der Waals surface area contributed by atoms with Crippen LogP contribution in [0.1, 0.15) is 39.3 Å². The second-order valence-electron chi connectivity index (χ2n) is 5.08. The fraction of sp³-hybridized carbons (Fsp3) is 0.786. The summed E-state index contributed by atoms with van der Waals surface area (Å²) in [6.07, 6.45) is 5.07. The van der Waals surface area contributed by atoms with Gasteiger partial charge in [0.1, 0.15) is 0 Å². The number of nitrogens with one attached hydrogen (secondary N) is 1. The Morgan fingerprint density at radius 2 is 2.22 bits per heavy atom. The van der Waals surface area contributed by atoms with Gasteiger partial charge >= 0.3 is 0 Å². The predicted octanol–water partition coefficient (Wildman–Crippen LogP) is 2.48. The van der Waals surface area contributed by atoms with E-state index in [0.29, 0.717) is 5.92 Å². The van der Waals surface area contributed by atoms with E-state index in [1.807, 2.05) is 6.20 Å². The van der Waals surface area contributed by atoms with E-state index < -0.39 is 0 Å². The number of ether oxygens (including phenoxy) is 1. The summed E-state index contributed by atoms with van der Waals surface area (Å²) in [4.78, 5) is 0. The Labute approximate surface area is 111 Å². The van der Waals surface area contributed by atoms with E-state index in [-0.39, 0.29) is 0 Å². The lowest BCUT2D eigenvalue weighted by molar-refractivity contribution is 0.405. The minimum Gasteiger partial charge on any atom is -0.493 e. The van der Waals surface area contributed by atoms with Gasteiger partial charge in [0.15, 0.2) is 5.75 Å². The summed E-state index contributed by atoms with van der Waals surface area (Å²) in [6, 6.07) is 0. The Kier molecular flexibility index (Phi) is 6.80. The molecule has 0 bridgehead atoms. The van der Waals surface area contributed by atoms with E-state index in [1.54, 1.807) is 7.11 Å². The summed E-state index contributed by atoms with van der Waals surface area (Å²) >= 11 is 0. The highest BCUT2D eigenvalue weighted by molar-refractivity contribution is 5.25. The average molecular weight is 253 g/mol. The Morgan fingerprint density at radius 3 is 2.83 bits per heavy atom. The molecule has 1 aromatic rings. The maximum Gasteiger partial charge on any atom is 0.159 e. The van der Waals surface area contributed by atoms with Crippen LogP contribution in [-0.2, 0) is 13.0 Å². The number of hydrogen-bond acceptors (Lipinski definition) is 3. The van der Waals surface area contributed by atoms with Gasteiger partial charge in [-0.1, -0.05) is 20.8 Å². The molecule has 1 heterocycles. The highest BCUT2D eigenvalue weighted by Gasteiger charge is 2.10. The highest BCUT2D eigenvalue weighted by atomic mass is 16.5. The fourth-order valence-corrected chi connectivity index (χ4v) is 1.99. The third kappa shape index (κ3) is 4.69. The van der Waals surface area contributed by atoms with Crippen molar-refractivity contribution in [1.82, 2.24) is 15.1 Å². The first kappa shape index (κ1) is 15.0. The van der Waals surface area contributed by atoms with Crippen molar-refractivity contribution in [3.8, 4) is 5.75 Å². The second-order valence-corrected chi connectivity index (χ2v) is 5.08. The van der Waals surface area contributed by atoms with Crippen LogP contribution in [0, 0.1) is 5.92 Å². The minimum absolute atomic E-state index is 0.713. The van der Waals surface area contributed by atoms with Crippen LogP contribution in [0.4, 0.5) is 0 Å². The first-order valence-electron chi connectivity index (χ1n) is 6.98. The van der Waals surface area contributed by atoms with Gasteiger partial charge in [-0.25, -0.2) is 0 Å². The molecule has 0 unspecified atom stereocenters. The van der Waals surface area contributed by atoms with Gasteiger partial charge in [0.2, 0.25) is 0 Å². The number of hydrogen-bond donors (Lipinski definition) is 1. The van der Waals surface area contributed by atoms with Crippen molar-refractivity contribution >= 4 is 0 Å². The van der Waals surface area contributed by atoms with E-state index in [0.717, 1.165) is 44.6 Å². The quantitative estimate of drug-likeness (QED) is 0.687. The first-order chi connectivity index (χ1) is 8.69. The zero-order valence-corrected chi connectivity index (χ0v) is 12.2. The van der Waals surface area contributed by atoms with Crippen molar-refractivity contribution in [3.63, 3.8) is 0 Å². The van der Waals surface area contributed by atoms with E-state index in [2.05, 4.69) is 35.9 Å². The largest absolute Gasteiger partial charge is 0.493 e. The smallest absolute Gasteiger partial charge is 0.159 e. The molecular weight excluding hydrogens is 226 g/mol. The Hall–Kier alpha value is -1.03. The van der Waals surface area contributed by atoms with Crippen LogP contribution in [0.3, 0.4) is 0 Å². The van der Waals surface area contributed by atoms with Crippen LogP contribution in [0.15, 0.2) is 6.20 Å². The van der Waals surface area contributed by atoms with Crippen molar-refractivity contribution in [1.29, 1.82) is 0 Å². The number of nitrogens with zero attached hydrogens (tertiary/aromatic N) is 2. The van der Waals surface area contributed by atoms with E-state index in [1.165, 1.54) is 5.69 Å². The predicted molar refractivity (Wildman–Crippen MR) is 75.1 cm³/mol. The lowest BCUT2D eigenvalue weighted by Crippen LogP contribution is -2.21. The van der Waals surface area contributed by atoms with Gasteiger partial charge < -0.3 is 10.1 Å². The van der Waals surface area contributed by atoms with E-state index >= 15 is 0 Å². The molecule has 0 spiro atoms. The molecule has 1 N–H and O–H groups in total. The number of rotatable bonds is 9. The molecule has 0 radical (unpaired) electrons. The molecule has 4 nitrogen and oxygen atoms in total. The lowest BCUT2D eigenvalue weighted by Gasteiger charge is -2.10. The molecular formula is C14H27N3O. The molecule has 0 amide bonds. The first-order valence-corrected chi connectivity index (χ1v) is 6.98. The van der Waals surface area contributed by atoms with Crippen molar-refractivity contribution in [2.24, 2.45) is 5.92 Å². The van der Waals surface area contributed by atoms with Crippen molar-refractivity contribution < 1.29 is 4.74 Å². The van der Waals surface area contributed by atoms with Crippen LogP contribution in [-0.4, -0.2) is 30.0 Å². The van der Waals surface area contributed by atoms with Crippen molar-refractivity contribution in [2.75, 3.05) is 20.2 Å². The Bertz CT molecular complexity index is 334. The topological polar surface area (TPSA) is 39.1 Å². The van der Waals surface area contributed by atoms with Crippen molar-refractivity contribution in [3.05, 3.63) is 11.9 Å². The van der Waals surface area contributed by atoms with Crippen LogP contribution >= 0.6 is 0 Å². The third-order valence-corrected chi connectivity index (χ3v) is 2.89. The van der Waals surface area contributed by atoms with Gasteiger partial charge in [-0.05, 0) is 38.3 Å². The zero-order chi connectivity index (χ0) is 13.4. The van der Waals surface area contributed by atoms with Gasteiger partial charge in [0, 0.05) is 6.54 Å². The number of aromatic nitrogens is 2. The monoisotopic (exact) mass is 253 g/mol. The standard InChI is InChI=1S/C14H27N3O/c1-5-9-17-13(14(18-4)11-16-17)7-6-8-15-10-12(2)3/h11-12,15H,5-10H2,1-4H3. The molecule has 0 aliphatic heterocycles. The van der Waals surface area contributed by atoms with Crippen LogP contribution in [0.25, 0.3) is 0 Å². The molecule has 18 heavy (non-hydrogen) atoms. The SMILES string of the molecule is CCCn1ncc(OC)c1CCCNCC(C)C. The van der Waals surface area contributed by atoms with Gasteiger partial charge in [0.25, 0.3) is 0 Å². The van der Waals surface area contributed by atoms with Gasteiger partial charge in [-0.3, -0.25) is 4.68 Å². The van der Waals surface area contributed by atoms with E-state index in [9.17, 15) is 0 Å². The maximum atomic E-state index is 5.36. The van der Waals surface area contributed by atoms with Gasteiger partial charge in [-0.2, -0.15) is 5.10 Å². The van der Waals surface area contributed by atoms with Crippen molar-refractivity contribution in [2.45, 2.75) is 46.6 Å². The Morgan fingerprint density at radius 1 is 1.44 bits per heavy atom. The minimum atomic E-state index is 0.713. The zero-order valence-electron chi connectivity index (χ0n) is 12.2. The maximum absolute atomic E-state index is 5.36. The molecule has 0 aliphatic carbocycles. The molecule has 0 aliphatic rings. The summed E-state index contributed by atoms with van der Waals surface area (Å²) in [6.45, 7) is 9.74. The van der Waals surface area contributed by atoms with E-state index in [4.69, 9.17) is 4.74 Å². The summed E-state index contributed by atoms with van der Waals surface area (Å²) in [5.74, 6) is 1.64. The van der Waals surface area contributed by atoms with Crippen LogP contribution in [0.2, 0.25) is 0 Å². The molecule has 4 heteroatoms. The molecule has 0 saturated carbocycles. The summed E-state index contributed by atoms with van der Waals surface area (Å²) in [7, 11) is 1.72. The molecule has 0 atom stereocenters. The second kappa shape index (κ2) is 8.14. The number of methoxy groups -OCH3 is 1. The lowest BCUT2D eigenvalue weighted by atomic mass is 10.2. The Balaban J connectivity index is 2.41.